The minimum Gasteiger partial charge on any atom is -0.279 e. The van der Waals surface area contributed by atoms with E-state index in [-0.39, 0.29) is 18.0 Å². The fourth-order valence-corrected chi connectivity index (χ4v) is 4.61. The van der Waals surface area contributed by atoms with Crippen LogP contribution in [0.4, 0.5) is 13.9 Å². The highest BCUT2D eigenvalue weighted by molar-refractivity contribution is 7.22. The van der Waals surface area contributed by atoms with Gasteiger partial charge in [-0.2, -0.15) is 0 Å². The fraction of sp³-hybridized carbons (Fsp3) is 0.0400. The van der Waals surface area contributed by atoms with E-state index in [1.165, 1.54) is 11.0 Å². The first-order valence-corrected chi connectivity index (χ1v) is 10.5. The van der Waals surface area contributed by atoms with Crippen LogP contribution in [-0.4, -0.2) is 10.9 Å². The predicted molar refractivity (Wildman–Crippen MR) is 120 cm³/mol. The number of carbonyl (C=O) groups is 1. The highest BCUT2D eigenvalue weighted by Crippen LogP contribution is 2.33. The number of rotatable bonds is 4. The lowest BCUT2D eigenvalue weighted by molar-refractivity contribution is 0.0986. The monoisotopic (exact) mass is 430 g/mol. The lowest BCUT2D eigenvalue weighted by Crippen LogP contribution is -2.30. The lowest BCUT2D eigenvalue weighted by atomic mass is 10.0. The summed E-state index contributed by atoms with van der Waals surface area (Å²) in [6, 6.07) is 24.8. The first kappa shape index (κ1) is 19.3. The number of hydrogen-bond acceptors (Lipinski definition) is 3. The predicted octanol–water partition coefficient (Wildman–Crippen LogP) is 6.57. The van der Waals surface area contributed by atoms with E-state index in [0.717, 1.165) is 33.7 Å². The second kappa shape index (κ2) is 7.89. The van der Waals surface area contributed by atoms with Crippen LogP contribution in [-0.2, 0) is 6.54 Å². The van der Waals surface area contributed by atoms with Gasteiger partial charge >= 0.3 is 0 Å². The summed E-state index contributed by atoms with van der Waals surface area (Å²) in [7, 11) is 0. The molecule has 0 radical (unpaired) electrons. The van der Waals surface area contributed by atoms with Crippen LogP contribution in [0.5, 0.6) is 0 Å². The zero-order chi connectivity index (χ0) is 21.4. The summed E-state index contributed by atoms with van der Waals surface area (Å²) in [6.07, 6.45) is 0. The second-order valence-electron chi connectivity index (χ2n) is 7.13. The standard InChI is InChI=1S/C25H16F2N2OS/c26-18-13-21(27)23-22(14-18)31-25(28-23)29(15-16-7-2-1-3-8-16)24(30)20-12-6-10-17-9-4-5-11-19(17)20/h1-14H,15H2. The molecule has 0 N–H and O–H groups in total. The Morgan fingerprint density at radius 2 is 1.65 bits per heavy atom. The van der Waals surface area contributed by atoms with E-state index in [2.05, 4.69) is 4.98 Å². The minimum absolute atomic E-state index is 0.0604. The Balaban J connectivity index is 1.65. The molecular formula is C25H16F2N2OS. The van der Waals surface area contributed by atoms with Crippen LogP contribution in [0.3, 0.4) is 0 Å². The summed E-state index contributed by atoms with van der Waals surface area (Å²) in [4.78, 5) is 19.6. The maximum atomic E-state index is 14.3. The molecule has 1 aromatic heterocycles. The third-order valence-electron chi connectivity index (χ3n) is 5.08. The molecule has 0 saturated carbocycles. The zero-order valence-corrected chi connectivity index (χ0v) is 17.1. The molecule has 5 aromatic rings. The van der Waals surface area contributed by atoms with Gasteiger partial charge in [-0.1, -0.05) is 78.1 Å². The Hall–Kier alpha value is -3.64. The normalized spacial score (nSPS) is 11.2. The van der Waals surface area contributed by atoms with Gasteiger partial charge in [0, 0.05) is 11.6 Å². The van der Waals surface area contributed by atoms with E-state index in [9.17, 15) is 13.6 Å². The molecule has 4 aromatic carbocycles. The average molecular weight is 430 g/mol. The zero-order valence-electron chi connectivity index (χ0n) is 16.3. The van der Waals surface area contributed by atoms with Crippen LogP contribution in [0.15, 0.2) is 84.9 Å². The molecule has 1 heterocycles. The summed E-state index contributed by atoms with van der Waals surface area (Å²) in [6.45, 7) is 0.257. The summed E-state index contributed by atoms with van der Waals surface area (Å²) in [5.41, 5.74) is 1.49. The molecule has 0 saturated heterocycles. The largest absolute Gasteiger partial charge is 0.279 e. The molecule has 0 atom stereocenters. The average Bonchev–Trinajstić information content (AvgIpc) is 3.21. The Bertz CT molecular complexity index is 1410. The van der Waals surface area contributed by atoms with Crippen molar-refractivity contribution in [2.45, 2.75) is 6.54 Å². The smallest absolute Gasteiger partial charge is 0.261 e. The molecule has 3 nitrogen and oxygen atoms in total. The highest BCUT2D eigenvalue weighted by atomic mass is 32.1. The molecule has 1 amide bonds. The number of amides is 1. The Labute approximate surface area is 181 Å². The second-order valence-corrected chi connectivity index (χ2v) is 8.14. The van der Waals surface area contributed by atoms with Crippen LogP contribution >= 0.6 is 11.3 Å². The van der Waals surface area contributed by atoms with Crippen molar-refractivity contribution in [2.24, 2.45) is 0 Å². The number of hydrogen-bond donors (Lipinski definition) is 0. The number of nitrogens with zero attached hydrogens (tertiary/aromatic N) is 2. The lowest BCUT2D eigenvalue weighted by Gasteiger charge is -2.21. The van der Waals surface area contributed by atoms with Gasteiger partial charge in [0.1, 0.15) is 11.3 Å². The summed E-state index contributed by atoms with van der Waals surface area (Å²) >= 11 is 1.10. The van der Waals surface area contributed by atoms with Crippen molar-refractivity contribution >= 4 is 43.4 Å². The van der Waals surface area contributed by atoms with Gasteiger partial charge in [0.25, 0.3) is 5.91 Å². The van der Waals surface area contributed by atoms with Crippen molar-refractivity contribution in [3.05, 3.63) is 108 Å². The third-order valence-corrected chi connectivity index (χ3v) is 6.11. The van der Waals surface area contributed by atoms with Crippen LogP contribution in [0, 0.1) is 11.6 Å². The molecule has 0 aliphatic heterocycles. The van der Waals surface area contributed by atoms with E-state index in [1.54, 1.807) is 6.07 Å². The van der Waals surface area contributed by atoms with Crippen molar-refractivity contribution in [1.29, 1.82) is 0 Å². The van der Waals surface area contributed by atoms with Crippen molar-refractivity contribution in [3.63, 3.8) is 0 Å². The van der Waals surface area contributed by atoms with Gasteiger partial charge < -0.3 is 0 Å². The summed E-state index contributed by atoms with van der Waals surface area (Å²) in [5.74, 6) is -1.66. The molecule has 0 unspecified atom stereocenters. The van der Waals surface area contributed by atoms with Gasteiger partial charge in [-0.05, 0) is 28.5 Å². The van der Waals surface area contributed by atoms with Crippen LogP contribution < -0.4 is 4.90 Å². The molecule has 0 aliphatic carbocycles. The Kier molecular flexibility index (Phi) is 4.92. The number of carbonyl (C=O) groups excluding carboxylic acids is 1. The first-order chi connectivity index (χ1) is 15.1. The third kappa shape index (κ3) is 3.66. The van der Waals surface area contributed by atoms with Crippen molar-refractivity contribution in [3.8, 4) is 0 Å². The molecule has 5 rings (SSSR count). The Morgan fingerprint density at radius 3 is 2.48 bits per heavy atom. The molecule has 0 bridgehead atoms. The van der Waals surface area contributed by atoms with E-state index >= 15 is 0 Å². The molecule has 31 heavy (non-hydrogen) atoms. The topological polar surface area (TPSA) is 33.2 Å². The molecule has 6 heteroatoms. The van der Waals surface area contributed by atoms with Gasteiger partial charge in [-0.25, -0.2) is 13.8 Å². The van der Waals surface area contributed by atoms with Crippen LogP contribution in [0.1, 0.15) is 15.9 Å². The van der Waals surface area contributed by atoms with E-state index < -0.39 is 11.6 Å². The number of halogens is 2. The van der Waals surface area contributed by atoms with E-state index in [0.29, 0.717) is 15.4 Å². The first-order valence-electron chi connectivity index (χ1n) is 9.69. The maximum absolute atomic E-state index is 14.3. The van der Waals surface area contributed by atoms with Gasteiger partial charge in [0.15, 0.2) is 10.9 Å². The van der Waals surface area contributed by atoms with Gasteiger partial charge in [-0.3, -0.25) is 9.69 Å². The molecular weight excluding hydrogens is 414 g/mol. The summed E-state index contributed by atoms with van der Waals surface area (Å²) < 4.78 is 28.4. The number of anilines is 1. The molecule has 0 spiro atoms. The molecule has 0 fully saturated rings. The molecule has 152 valence electrons. The van der Waals surface area contributed by atoms with Crippen molar-refractivity contribution in [2.75, 3.05) is 4.90 Å². The summed E-state index contributed by atoms with van der Waals surface area (Å²) in [5, 5.41) is 2.10. The minimum atomic E-state index is -0.741. The van der Waals surface area contributed by atoms with Crippen molar-refractivity contribution < 1.29 is 13.6 Å². The van der Waals surface area contributed by atoms with Gasteiger partial charge in [-0.15, -0.1) is 0 Å². The van der Waals surface area contributed by atoms with Gasteiger partial charge in [0.05, 0.1) is 11.2 Å². The van der Waals surface area contributed by atoms with E-state index in [1.807, 2.05) is 66.7 Å². The number of thiazole rings is 1. The SMILES string of the molecule is O=C(c1cccc2ccccc12)N(Cc1ccccc1)c1nc2c(F)cc(F)cc2s1. The van der Waals surface area contributed by atoms with E-state index in [4.69, 9.17) is 0 Å². The fourth-order valence-electron chi connectivity index (χ4n) is 3.61. The highest BCUT2D eigenvalue weighted by Gasteiger charge is 2.24. The van der Waals surface area contributed by atoms with Gasteiger partial charge in [0.2, 0.25) is 0 Å². The van der Waals surface area contributed by atoms with Crippen molar-refractivity contribution in [1.82, 2.24) is 4.98 Å². The number of aromatic nitrogens is 1. The number of benzene rings is 4. The maximum Gasteiger partial charge on any atom is 0.261 e. The molecule has 0 aliphatic rings. The van der Waals surface area contributed by atoms with Crippen LogP contribution in [0.25, 0.3) is 21.0 Å². The quantitative estimate of drug-likeness (QED) is 0.323. The van der Waals surface area contributed by atoms with Crippen LogP contribution in [0.2, 0.25) is 0 Å². The number of fused-ring (bicyclic) bond motifs is 2. The Morgan fingerprint density at radius 1 is 0.903 bits per heavy atom.